The molecule has 2 aromatic rings. The van der Waals surface area contributed by atoms with E-state index in [0.29, 0.717) is 26.2 Å². The molecule has 0 aliphatic carbocycles. The number of hydrogen-bond acceptors (Lipinski definition) is 6. The largest absolute Gasteiger partial charge is 0.484 e. The average Bonchev–Trinajstić information content (AvgIpc) is 2.79. The van der Waals surface area contributed by atoms with Crippen LogP contribution >= 0.6 is 0 Å². The standard InChI is InChI=1S/C23H29N5O3/c1-17-6-3-4-8-19(17)31-16-20(29)28-13-9-23(10-14-28)22(25-12-15-30-2)26-21-18(27-23)7-5-11-24-21/h3-8,11,27H,9-10,12-16H2,1-2H3,(H,24,25,26). The number of aryl methyl sites for hydroxylation is 1. The lowest BCUT2D eigenvalue weighted by Crippen LogP contribution is -2.59. The first kappa shape index (κ1) is 21.1. The first-order valence-electron chi connectivity index (χ1n) is 10.6. The molecule has 1 aromatic heterocycles. The number of benzene rings is 1. The van der Waals surface area contributed by atoms with Gasteiger partial charge in [-0.15, -0.1) is 0 Å². The summed E-state index contributed by atoms with van der Waals surface area (Å²) in [6.07, 6.45) is 3.25. The Morgan fingerprint density at radius 3 is 2.81 bits per heavy atom. The van der Waals surface area contributed by atoms with Gasteiger partial charge in [0, 0.05) is 26.4 Å². The molecular weight excluding hydrogens is 394 g/mol. The van der Waals surface area contributed by atoms with E-state index in [-0.39, 0.29) is 18.1 Å². The molecular formula is C23H29N5O3. The Morgan fingerprint density at radius 1 is 1.23 bits per heavy atom. The van der Waals surface area contributed by atoms with Gasteiger partial charge in [0.25, 0.3) is 5.91 Å². The minimum Gasteiger partial charge on any atom is -0.484 e. The highest BCUT2D eigenvalue weighted by molar-refractivity contribution is 6.08. The average molecular weight is 424 g/mol. The van der Waals surface area contributed by atoms with Crippen molar-refractivity contribution in [2.45, 2.75) is 25.3 Å². The maximum atomic E-state index is 12.8. The van der Waals surface area contributed by atoms with Crippen molar-refractivity contribution < 1.29 is 14.3 Å². The number of ether oxygens (including phenoxy) is 2. The number of rotatable bonds is 6. The zero-order chi connectivity index (χ0) is 21.7. The number of fused-ring (bicyclic) bond motifs is 1. The number of methoxy groups -OCH3 is 1. The molecule has 0 radical (unpaired) electrons. The smallest absolute Gasteiger partial charge is 0.260 e. The predicted octanol–water partition coefficient (Wildman–Crippen LogP) is 2.71. The highest BCUT2D eigenvalue weighted by Crippen LogP contribution is 2.36. The van der Waals surface area contributed by atoms with Crippen LogP contribution in [0.4, 0.5) is 11.5 Å². The van der Waals surface area contributed by atoms with E-state index >= 15 is 0 Å². The van der Waals surface area contributed by atoms with E-state index < -0.39 is 0 Å². The number of carbonyl (C=O) groups is 1. The van der Waals surface area contributed by atoms with E-state index in [2.05, 4.69) is 15.6 Å². The van der Waals surface area contributed by atoms with E-state index in [1.165, 1.54) is 0 Å². The zero-order valence-electron chi connectivity index (χ0n) is 18.1. The summed E-state index contributed by atoms with van der Waals surface area (Å²) in [5, 5.41) is 7.05. The summed E-state index contributed by atoms with van der Waals surface area (Å²) in [7, 11) is 1.67. The van der Waals surface area contributed by atoms with E-state index in [0.717, 1.165) is 41.5 Å². The lowest BCUT2D eigenvalue weighted by atomic mass is 9.84. The van der Waals surface area contributed by atoms with Gasteiger partial charge in [-0.2, -0.15) is 0 Å². The second-order valence-corrected chi connectivity index (χ2v) is 7.89. The first-order valence-corrected chi connectivity index (χ1v) is 10.6. The van der Waals surface area contributed by atoms with Crippen molar-refractivity contribution in [2.75, 3.05) is 50.6 Å². The van der Waals surface area contributed by atoms with Crippen LogP contribution in [-0.2, 0) is 9.53 Å². The second-order valence-electron chi connectivity index (χ2n) is 7.89. The number of nitrogens with zero attached hydrogens (tertiary/aromatic N) is 3. The van der Waals surface area contributed by atoms with E-state index in [1.807, 2.05) is 48.2 Å². The molecule has 3 heterocycles. The van der Waals surface area contributed by atoms with Crippen LogP contribution in [0, 0.1) is 6.92 Å². The maximum absolute atomic E-state index is 12.8. The molecule has 1 spiro atoms. The topological polar surface area (TPSA) is 88.1 Å². The Hall–Kier alpha value is -3.13. The number of para-hydroxylation sites is 1. The van der Waals surface area contributed by atoms with Crippen LogP contribution in [-0.4, -0.2) is 67.1 Å². The number of amidine groups is 1. The molecule has 0 bridgehead atoms. The highest BCUT2D eigenvalue weighted by Gasteiger charge is 2.43. The van der Waals surface area contributed by atoms with E-state index in [1.54, 1.807) is 13.3 Å². The molecule has 2 aliphatic rings. The number of carbonyl (C=O) groups excluding carboxylic acids is 1. The number of pyridine rings is 1. The van der Waals surface area contributed by atoms with Gasteiger partial charge in [0.05, 0.1) is 24.4 Å². The summed E-state index contributed by atoms with van der Waals surface area (Å²) in [6, 6.07) is 11.7. The SMILES string of the molecule is COCCN=C1Nc2ncccc2NC12CCN(C(=O)COc1ccccc1C)CC2. The summed E-state index contributed by atoms with van der Waals surface area (Å²) < 4.78 is 10.9. The molecule has 2 aliphatic heterocycles. The lowest BCUT2D eigenvalue weighted by molar-refractivity contribution is -0.134. The number of anilines is 2. The summed E-state index contributed by atoms with van der Waals surface area (Å²) in [5.41, 5.74) is 1.63. The molecule has 8 heteroatoms. The number of amides is 1. The number of piperidine rings is 1. The van der Waals surface area contributed by atoms with Gasteiger partial charge in [-0.25, -0.2) is 4.98 Å². The molecule has 0 atom stereocenters. The molecule has 1 saturated heterocycles. The molecule has 0 unspecified atom stereocenters. The van der Waals surface area contributed by atoms with Crippen molar-refractivity contribution in [3.8, 4) is 5.75 Å². The second kappa shape index (κ2) is 9.34. The van der Waals surface area contributed by atoms with Gasteiger partial charge < -0.3 is 25.0 Å². The number of nitrogens with one attached hydrogen (secondary N) is 2. The van der Waals surface area contributed by atoms with Crippen molar-refractivity contribution in [1.29, 1.82) is 0 Å². The molecule has 8 nitrogen and oxygen atoms in total. The fraction of sp³-hybridized carbons (Fsp3) is 0.435. The Balaban J connectivity index is 1.42. The van der Waals surface area contributed by atoms with Crippen molar-refractivity contribution in [3.63, 3.8) is 0 Å². The van der Waals surface area contributed by atoms with Crippen LogP contribution in [0.3, 0.4) is 0 Å². The Kier molecular flexibility index (Phi) is 6.36. The number of hydrogen-bond donors (Lipinski definition) is 2. The molecule has 164 valence electrons. The molecule has 0 saturated carbocycles. The fourth-order valence-electron chi connectivity index (χ4n) is 4.04. The monoisotopic (exact) mass is 423 g/mol. The van der Waals surface area contributed by atoms with Crippen LogP contribution in [0.5, 0.6) is 5.75 Å². The lowest BCUT2D eigenvalue weighted by Gasteiger charge is -2.46. The molecule has 4 rings (SSSR count). The van der Waals surface area contributed by atoms with Crippen molar-refractivity contribution in [2.24, 2.45) is 4.99 Å². The third kappa shape index (κ3) is 4.64. The van der Waals surface area contributed by atoms with Crippen LogP contribution in [0.1, 0.15) is 18.4 Å². The minimum atomic E-state index is -0.350. The van der Waals surface area contributed by atoms with Crippen LogP contribution < -0.4 is 15.4 Å². The van der Waals surface area contributed by atoms with Gasteiger partial charge >= 0.3 is 0 Å². The summed E-state index contributed by atoms with van der Waals surface area (Å²) in [4.78, 5) is 23.8. The van der Waals surface area contributed by atoms with Crippen molar-refractivity contribution in [3.05, 3.63) is 48.2 Å². The van der Waals surface area contributed by atoms with Crippen molar-refractivity contribution >= 4 is 23.2 Å². The fourth-order valence-corrected chi connectivity index (χ4v) is 4.04. The first-order chi connectivity index (χ1) is 15.1. The summed E-state index contributed by atoms with van der Waals surface area (Å²) in [6.45, 7) is 4.40. The van der Waals surface area contributed by atoms with Crippen LogP contribution in [0.25, 0.3) is 0 Å². The predicted molar refractivity (Wildman–Crippen MR) is 121 cm³/mol. The quantitative estimate of drug-likeness (QED) is 0.695. The molecule has 1 fully saturated rings. The Bertz CT molecular complexity index is 954. The number of aliphatic imine (C=N–C) groups is 1. The summed E-state index contributed by atoms with van der Waals surface area (Å²) >= 11 is 0. The zero-order valence-corrected chi connectivity index (χ0v) is 18.1. The van der Waals surface area contributed by atoms with Gasteiger partial charge in [-0.05, 0) is 43.5 Å². The summed E-state index contributed by atoms with van der Waals surface area (Å²) in [5.74, 6) is 2.38. The van der Waals surface area contributed by atoms with Gasteiger partial charge in [0.2, 0.25) is 0 Å². The van der Waals surface area contributed by atoms with E-state index in [4.69, 9.17) is 14.5 Å². The maximum Gasteiger partial charge on any atom is 0.260 e. The normalized spacial score (nSPS) is 18.3. The molecule has 31 heavy (non-hydrogen) atoms. The van der Waals surface area contributed by atoms with Gasteiger partial charge in [0.1, 0.15) is 11.6 Å². The molecule has 2 N–H and O–H groups in total. The van der Waals surface area contributed by atoms with Crippen LogP contribution in [0.15, 0.2) is 47.6 Å². The molecule has 1 amide bonds. The van der Waals surface area contributed by atoms with Gasteiger partial charge in [0.15, 0.2) is 12.4 Å². The molecule has 1 aromatic carbocycles. The minimum absolute atomic E-state index is 0.00168. The van der Waals surface area contributed by atoms with Gasteiger partial charge in [-0.3, -0.25) is 9.79 Å². The Labute approximate surface area is 182 Å². The highest BCUT2D eigenvalue weighted by atomic mass is 16.5. The van der Waals surface area contributed by atoms with Crippen LogP contribution in [0.2, 0.25) is 0 Å². The van der Waals surface area contributed by atoms with E-state index in [9.17, 15) is 4.79 Å². The number of likely N-dealkylation sites (tertiary alicyclic amines) is 1. The third-order valence-corrected chi connectivity index (χ3v) is 5.85. The van der Waals surface area contributed by atoms with Crippen molar-refractivity contribution in [1.82, 2.24) is 9.88 Å². The van der Waals surface area contributed by atoms with Gasteiger partial charge in [-0.1, -0.05) is 18.2 Å². The number of aromatic nitrogens is 1. The Morgan fingerprint density at radius 2 is 2.03 bits per heavy atom. The third-order valence-electron chi connectivity index (χ3n) is 5.85.